The minimum atomic E-state index is -4.74. The van der Waals surface area contributed by atoms with E-state index in [9.17, 15) is 57.1 Å². The van der Waals surface area contributed by atoms with Crippen LogP contribution in [-0.4, -0.2) is 138 Å². The van der Waals surface area contributed by atoms with Crippen molar-refractivity contribution < 1.29 is 80.7 Å². The number of hydrogen-bond donors (Lipinski definition) is 6. The fourth-order valence-electron chi connectivity index (χ4n) is 4.36. The van der Waals surface area contributed by atoms with Gasteiger partial charge < -0.3 is 49.6 Å². The largest absolute Gasteiger partial charge is 0.491 e. The average molecular weight is 718 g/mol. The monoisotopic (exact) mass is 717 g/mol. The van der Waals surface area contributed by atoms with Gasteiger partial charge in [0.1, 0.15) is 49.2 Å². The van der Waals surface area contributed by atoms with Crippen LogP contribution in [0, 0.1) is 0 Å². The Bertz CT molecular complexity index is 1530. The smallest absolute Gasteiger partial charge is 0.335 e. The summed E-state index contributed by atoms with van der Waals surface area (Å²) in [7, 11) is -4.74. The van der Waals surface area contributed by atoms with Crippen LogP contribution in [0.1, 0.15) is 18.9 Å². The van der Waals surface area contributed by atoms with Gasteiger partial charge in [0.05, 0.1) is 19.3 Å². The third kappa shape index (κ3) is 12.4. The van der Waals surface area contributed by atoms with Crippen LogP contribution in [0.3, 0.4) is 0 Å². The van der Waals surface area contributed by atoms with Crippen molar-refractivity contribution in [1.82, 2.24) is 15.5 Å². The molecule has 1 fully saturated rings. The van der Waals surface area contributed by atoms with E-state index in [0.29, 0.717) is 10.5 Å². The fraction of sp³-hybridized carbons (Fsp3) is 0.500. The van der Waals surface area contributed by atoms with Gasteiger partial charge in [0.2, 0.25) is 18.1 Å². The second-order valence-corrected chi connectivity index (χ2v) is 12.0. The number of rotatable bonds is 18. The molecule has 49 heavy (non-hydrogen) atoms. The molecule has 270 valence electrons. The molecule has 0 aromatic heterocycles. The number of imide groups is 1. The van der Waals surface area contributed by atoms with Crippen LogP contribution in [0.5, 0.6) is 11.5 Å². The molecular formula is C28H35N3O17S. The van der Waals surface area contributed by atoms with Gasteiger partial charge in [-0.05, 0) is 12.1 Å². The van der Waals surface area contributed by atoms with E-state index in [1.165, 1.54) is 25.1 Å². The third-order valence-electron chi connectivity index (χ3n) is 6.68. The molecule has 4 unspecified atom stereocenters. The highest BCUT2D eigenvalue weighted by Crippen LogP contribution is 2.29. The maximum atomic E-state index is 12.5. The number of nitrogens with one attached hydrogen (secondary N) is 2. The molecule has 0 saturated carbocycles. The normalized spacial score (nSPS) is 21.2. The van der Waals surface area contributed by atoms with Crippen LogP contribution in [0.25, 0.3) is 0 Å². The van der Waals surface area contributed by atoms with E-state index < -0.39 is 88.6 Å². The van der Waals surface area contributed by atoms with Gasteiger partial charge in [-0.2, -0.15) is 8.42 Å². The lowest BCUT2D eigenvalue weighted by molar-refractivity contribution is -0.228. The van der Waals surface area contributed by atoms with Crippen molar-refractivity contribution in [1.29, 1.82) is 0 Å². The van der Waals surface area contributed by atoms with E-state index in [4.69, 9.17) is 23.7 Å². The summed E-state index contributed by atoms with van der Waals surface area (Å²) >= 11 is 0. The number of ether oxygens (including phenoxy) is 5. The molecule has 3 rings (SSSR count). The summed E-state index contributed by atoms with van der Waals surface area (Å²) in [6, 6.07) is 2.60. The van der Waals surface area contributed by atoms with Gasteiger partial charge >= 0.3 is 11.9 Å². The van der Waals surface area contributed by atoms with Gasteiger partial charge in [-0.1, -0.05) is 0 Å². The number of carbonyl (C=O) groups is 6. The van der Waals surface area contributed by atoms with Crippen LogP contribution >= 0.6 is 0 Å². The van der Waals surface area contributed by atoms with Gasteiger partial charge in [0, 0.05) is 43.7 Å². The van der Waals surface area contributed by atoms with E-state index in [1.807, 2.05) is 0 Å². The highest BCUT2D eigenvalue weighted by molar-refractivity contribution is 7.85. The van der Waals surface area contributed by atoms with Crippen molar-refractivity contribution in [2.45, 2.75) is 50.6 Å². The van der Waals surface area contributed by atoms with E-state index in [1.54, 1.807) is 0 Å². The molecule has 0 spiro atoms. The van der Waals surface area contributed by atoms with Gasteiger partial charge in [0.15, 0.2) is 6.10 Å². The second kappa shape index (κ2) is 17.6. The number of aliphatic hydroxyl groups excluding tert-OH is 2. The Morgan fingerprint density at radius 3 is 2.41 bits per heavy atom. The average Bonchev–Trinajstić information content (AvgIpc) is 3.32. The number of nitrogens with zero attached hydrogens (tertiary/aromatic N) is 1. The molecule has 0 radical (unpaired) electrons. The molecule has 20 nitrogen and oxygen atoms in total. The molecule has 2 aliphatic rings. The Morgan fingerprint density at radius 1 is 1.08 bits per heavy atom. The summed E-state index contributed by atoms with van der Waals surface area (Å²) in [5.41, 5.74) is 0.417. The third-order valence-corrected chi connectivity index (χ3v) is 7.43. The summed E-state index contributed by atoms with van der Waals surface area (Å²) < 4.78 is 59.0. The lowest BCUT2D eigenvalue weighted by atomic mass is 10.0. The van der Waals surface area contributed by atoms with E-state index in [-0.39, 0.29) is 50.9 Å². The zero-order valence-electron chi connectivity index (χ0n) is 25.9. The van der Waals surface area contributed by atoms with Crippen LogP contribution in [-0.2, 0) is 59.7 Å². The summed E-state index contributed by atoms with van der Waals surface area (Å²) in [5.74, 6) is -6.51. The number of aliphatic hydroxyl groups is 2. The van der Waals surface area contributed by atoms with Gasteiger partial charge in [0.25, 0.3) is 21.9 Å². The predicted octanol–water partition coefficient (Wildman–Crippen LogP) is -3.14. The highest BCUT2D eigenvalue weighted by Gasteiger charge is 2.42. The second-order valence-electron chi connectivity index (χ2n) is 10.5. The molecule has 5 atom stereocenters. The topological polar surface area (TPSA) is 291 Å². The van der Waals surface area contributed by atoms with Crippen molar-refractivity contribution in [3.05, 3.63) is 35.9 Å². The van der Waals surface area contributed by atoms with Crippen LogP contribution < -0.4 is 20.1 Å². The quantitative estimate of drug-likeness (QED) is 0.0378. The van der Waals surface area contributed by atoms with E-state index >= 15 is 0 Å². The Kier molecular flexibility index (Phi) is 14.0. The first kappa shape index (κ1) is 38.8. The number of benzene rings is 1. The Morgan fingerprint density at radius 2 is 1.78 bits per heavy atom. The first-order valence-corrected chi connectivity index (χ1v) is 16.1. The zero-order chi connectivity index (χ0) is 36.3. The van der Waals surface area contributed by atoms with Crippen molar-refractivity contribution >= 4 is 45.7 Å². The van der Waals surface area contributed by atoms with Crippen molar-refractivity contribution in [2.24, 2.45) is 0 Å². The number of carboxylic acid groups (broad SMARTS) is 1. The summed E-state index contributed by atoms with van der Waals surface area (Å²) in [6.07, 6.45) is -4.40. The lowest BCUT2D eigenvalue weighted by Crippen LogP contribution is -2.53. The Hall–Kier alpha value is -4.67. The highest BCUT2D eigenvalue weighted by atomic mass is 32.2. The standard InChI is InChI=1S/C28H35N3O17S/c1-15(32)46-13-16-2-3-17(47-24-11-19(33)25(37)26(48-24)28(39)40)10-20(16)45-9-8-44-7-6-29-27(38)18(14-49(41,42)43)30-21(34)12-31-22(35)4-5-23(31)36/h2-5,10,18-19,24-26,33,37H,6-9,11-14H2,1H3,(H,29,38)(H,30,34)(H,39,40)(H,41,42,43)/t18?,19?,24?,25-,26?/m0/s1. The molecule has 21 heteroatoms. The molecule has 6 N–H and O–H groups in total. The number of hydrogen-bond acceptors (Lipinski definition) is 15. The molecule has 2 heterocycles. The first-order valence-electron chi connectivity index (χ1n) is 14.5. The number of aliphatic carboxylic acids is 1. The zero-order valence-corrected chi connectivity index (χ0v) is 26.7. The van der Waals surface area contributed by atoms with Gasteiger partial charge in [-0.3, -0.25) is 33.4 Å². The maximum absolute atomic E-state index is 12.5. The fourth-order valence-corrected chi connectivity index (χ4v) is 5.01. The Balaban J connectivity index is 1.50. The summed E-state index contributed by atoms with van der Waals surface area (Å²) in [4.78, 5) is 71.4. The molecular weight excluding hydrogens is 682 g/mol. The number of amides is 4. The molecule has 4 amide bonds. The molecule has 1 aromatic carbocycles. The number of carbonyl (C=O) groups excluding carboxylic acids is 5. The van der Waals surface area contributed by atoms with Gasteiger partial charge in [-0.25, -0.2) is 4.79 Å². The first-order chi connectivity index (χ1) is 23.0. The van der Waals surface area contributed by atoms with E-state index in [0.717, 1.165) is 12.2 Å². The number of carboxylic acids is 1. The van der Waals surface area contributed by atoms with Crippen molar-refractivity contribution in [2.75, 3.05) is 38.7 Å². The molecule has 1 saturated heterocycles. The molecule has 0 aliphatic carbocycles. The summed E-state index contributed by atoms with van der Waals surface area (Å²) in [5, 5.41) is 33.5. The minimum Gasteiger partial charge on any atom is -0.491 e. The maximum Gasteiger partial charge on any atom is 0.335 e. The molecule has 0 bridgehead atoms. The summed E-state index contributed by atoms with van der Waals surface area (Å²) in [6.45, 7) is -0.184. The molecule has 2 aliphatic heterocycles. The number of esters is 1. The van der Waals surface area contributed by atoms with Crippen molar-refractivity contribution in [3.8, 4) is 11.5 Å². The van der Waals surface area contributed by atoms with E-state index in [2.05, 4.69) is 10.6 Å². The van der Waals surface area contributed by atoms with Crippen LogP contribution in [0.2, 0.25) is 0 Å². The SMILES string of the molecule is CC(=O)OCc1ccc(OC2CC(O)[C@H](O)C(C(=O)O)O2)cc1OCCOCCNC(=O)C(CS(=O)(=O)O)NC(=O)CN1C(=O)C=CC1=O. The Labute approximate surface area is 278 Å². The van der Waals surface area contributed by atoms with Crippen LogP contribution in [0.15, 0.2) is 30.4 Å². The van der Waals surface area contributed by atoms with Crippen LogP contribution in [0.4, 0.5) is 0 Å². The minimum absolute atomic E-state index is 0.0544. The van der Waals surface area contributed by atoms with Gasteiger partial charge in [-0.15, -0.1) is 0 Å². The lowest BCUT2D eigenvalue weighted by Gasteiger charge is -2.34. The predicted molar refractivity (Wildman–Crippen MR) is 159 cm³/mol. The molecule has 1 aromatic rings. The van der Waals surface area contributed by atoms with Crippen molar-refractivity contribution in [3.63, 3.8) is 0 Å².